The standard InChI is InChI=1S/C21H28N4O4S/c26-19(15-22-20-17-7-3-4-8-18(17)30(28,29)23-20)24-13-9-16(10-14-24)21(27)25-11-5-1-2-6-12-25/h3-4,7-8,16H,1-2,5-6,9-15H2,(H,22,23). The molecule has 3 aliphatic heterocycles. The molecule has 1 N–H and O–H groups in total. The second-order valence-electron chi connectivity index (χ2n) is 8.16. The van der Waals surface area contributed by atoms with E-state index in [1.807, 2.05) is 4.90 Å². The SMILES string of the molecule is O=C(CN=C1NS(=O)(=O)c2ccccc21)N1CCC(C(=O)N2CCCCCC2)CC1. The van der Waals surface area contributed by atoms with Crippen LogP contribution in [0.1, 0.15) is 44.1 Å². The van der Waals surface area contributed by atoms with Crippen molar-refractivity contribution in [2.75, 3.05) is 32.7 Å². The van der Waals surface area contributed by atoms with Gasteiger partial charge in [0.15, 0.2) is 0 Å². The lowest BCUT2D eigenvalue weighted by Gasteiger charge is -2.33. The third-order valence-corrected chi connectivity index (χ3v) is 7.55. The molecule has 3 heterocycles. The van der Waals surface area contributed by atoms with Crippen LogP contribution in [0.15, 0.2) is 34.2 Å². The van der Waals surface area contributed by atoms with E-state index in [1.165, 1.54) is 18.9 Å². The summed E-state index contributed by atoms with van der Waals surface area (Å²) in [6.07, 6.45) is 5.90. The number of rotatable bonds is 3. The summed E-state index contributed by atoms with van der Waals surface area (Å²) in [6.45, 7) is 2.67. The molecule has 30 heavy (non-hydrogen) atoms. The van der Waals surface area contributed by atoms with Crippen LogP contribution in [0.3, 0.4) is 0 Å². The van der Waals surface area contributed by atoms with E-state index in [4.69, 9.17) is 0 Å². The number of piperidine rings is 1. The van der Waals surface area contributed by atoms with Crippen LogP contribution in [-0.2, 0) is 19.6 Å². The Morgan fingerprint density at radius 3 is 2.33 bits per heavy atom. The van der Waals surface area contributed by atoms with Crippen molar-refractivity contribution in [1.82, 2.24) is 14.5 Å². The monoisotopic (exact) mass is 432 g/mol. The summed E-state index contributed by atoms with van der Waals surface area (Å²) in [5.74, 6) is 0.296. The van der Waals surface area contributed by atoms with Crippen molar-refractivity contribution in [3.63, 3.8) is 0 Å². The van der Waals surface area contributed by atoms with Crippen LogP contribution in [0.25, 0.3) is 0 Å². The summed E-state index contributed by atoms with van der Waals surface area (Å²) < 4.78 is 26.7. The van der Waals surface area contributed by atoms with Crippen LogP contribution >= 0.6 is 0 Å². The van der Waals surface area contributed by atoms with Crippen molar-refractivity contribution in [3.8, 4) is 0 Å². The average Bonchev–Trinajstić information content (AvgIpc) is 2.93. The molecule has 0 saturated carbocycles. The quantitative estimate of drug-likeness (QED) is 0.780. The van der Waals surface area contributed by atoms with Crippen molar-refractivity contribution < 1.29 is 18.0 Å². The van der Waals surface area contributed by atoms with E-state index in [-0.39, 0.29) is 35.0 Å². The molecule has 0 radical (unpaired) electrons. The number of likely N-dealkylation sites (tertiary alicyclic amines) is 2. The molecule has 4 rings (SSSR count). The maximum atomic E-state index is 12.8. The fourth-order valence-electron chi connectivity index (χ4n) is 4.42. The highest BCUT2D eigenvalue weighted by atomic mass is 32.2. The molecule has 1 aromatic carbocycles. The highest BCUT2D eigenvalue weighted by Gasteiger charge is 2.32. The van der Waals surface area contributed by atoms with Gasteiger partial charge in [-0.1, -0.05) is 25.0 Å². The molecule has 0 aliphatic carbocycles. The lowest BCUT2D eigenvalue weighted by molar-refractivity contribution is -0.140. The topological polar surface area (TPSA) is 99.1 Å². The minimum atomic E-state index is -3.61. The molecule has 0 bridgehead atoms. The highest BCUT2D eigenvalue weighted by Crippen LogP contribution is 2.23. The minimum Gasteiger partial charge on any atom is -0.342 e. The van der Waals surface area contributed by atoms with Crippen molar-refractivity contribution in [2.45, 2.75) is 43.4 Å². The lowest BCUT2D eigenvalue weighted by Crippen LogP contribution is -2.45. The number of hydrogen-bond acceptors (Lipinski definition) is 5. The molecule has 0 atom stereocenters. The first-order valence-corrected chi connectivity index (χ1v) is 12.2. The fourth-order valence-corrected chi connectivity index (χ4v) is 5.67. The normalized spacial score (nSPS) is 23.0. The molecular weight excluding hydrogens is 404 g/mol. The van der Waals surface area contributed by atoms with Crippen LogP contribution in [0.2, 0.25) is 0 Å². The van der Waals surface area contributed by atoms with E-state index >= 15 is 0 Å². The van der Waals surface area contributed by atoms with Gasteiger partial charge in [0.1, 0.15) is 12.4 Å². The number of nitrogens with zero attached hydrogens (tertiary/aromatic N) is 3. The molecule has 162 valence electrons. The second kappa shape index (κ2) is 8.75. The zero-order valence-electron chi connectivity index (χ0n) is 17.0. The average molecular weight is 433 g/mol. The molecule has 2 fully saturated rings. The van der Waals surface area contributed by atoms with Gasteiger partial charge in [-0.25, -0.2) is 8.42 Å². The van der Waals surface area contributed by atoms with E-state index in [0.717, 1.165) is 25.9 Å². The maximum absolute atomic E-state index is 12.8. The number of amides is 2. The first-order chi connectivity index (χ1) is 14.5. The largest absolute Gasteiger partial charge is 0.342 e. The molecule has 2 saturated heterocycles. The zero-order chi connectivity index (χ0) is 21.1. The van der Waals surface area contributed by atoms with Gasteiger partial charge in [-0.05, 0) is 37.8 Å². The summed E-state index contributed by atoms with van der Waals surface area (Å²) in [7, 11) is -3.61. The van der Waals surface area contributed by atoms with Crippen LogP contribution < -0.4 is 4.72 Å². The predicted molar refractivity (Wildman–Crippen MR) is 113 cm³/mol. The van der Waals surface area contributed by atoms with Gasteiger partial charge >= 0.3 is 0 Å². The number of sulfonamides is 1. The number of aliphatic imine (C=N–C) groups is 1. The van der Waals surface area contributed by atoms with Crippen molar-refractivity contribution in [3.05, 3.63) is 29.8 Å². The third-order valence-electron chi connectivity index (χ3n) is 6.15. The third kappa shape index (κ3) is 4.35. The molecule has 0 spiro atoms. The minimum absolute atomic E-state index is 0.00742. The number of nitrogens with one attached hydrogen (secondary N) is 1. The summed E-state index contributed by atoms with van der Waals surface area (Å²) in [5, 5.41) is 0. The summed E-state index contributed by atoms with van der Waals surface area (Å²) in [5.41, 5.74) is 0.493. The van der Waals surface area contributed by atoms with Gasteiger partial charge in [-0.2, -0.15) is 0 Å². The van der Waals surface area contributed by atoms with Gasteiger partial charge in [0.2, 0.25) is 11.8 Å². The Balaban J connectivity index is 1.32. The van der Waals surface area contributed by atoms with Crippen LogP contribution in [0.4, 0.5) is 0 Å². The second-order valence-corrected chi connectivity index (χ2v) is 9.81. The van der Waals surface area contributed by atoms with Gasteiger partial charge < -0.3 is 9.80 Å². The zero-order valence-corrected chi connectivity index (χ0v) is 17.9. The van der Waals surface area contributed by atoms with Gasteiger partial charge in [0, 0.05) is 37.7 Å². The number of benzene rings is 1. The van der Waals surface area contributed by atoms with Gasteiger partial charge in [0.05, 0.1) is 4.90 Å². The molecule has 0 aromatic heterocycles. The van der Waals surface area contributed by atoms with E-state index < -0.39 is 10.0 Å². The molecule has 3 aliphatic rings. The van der Waals surface area contributed by atoms with Gasteiger partial charge in [-0.15, -0.1) is 0 Å². The van der Waals surface area contributed by atoms with Crippen LogP contribution in [0.5, 0.6) is 0 Å². The van der Waals surface area contributed by atoms with E-state index in [9.17, 15) is 18.0 Å². The summed E-state index contributed by atoms with van der Waals surface area (Å²) >= 11 is 0. The molecule has 1 aromatic rings. The molecule has 9 heteroatoms. The van der Waals surface area contributed by atoms with Crippen molar-refractivity contribution in [1.29, 1.82) is 0 Å². The number of carbonyl (C=O) groups is 2. The predicted octanol–water partition coefficient (Wildman–Crippen LogP) is 1.37. The van der Waals surface area contributed by atoms with E-state index in [2.05, 4.69) is 9.71 Å². The van der Waals surface area contributed by atoms with Crippen LogP contribution in [0, 0.1) is 5.92 Å². The molecule has 0 unspecified atom stereocenters. The Labute approximate surface area is 177 Å². The first-order valence-electron chi connectivity index (χ1n) is 10.7. The number of fused-ring (bicyclic) bond motifs is 1. The molecule has 2 amide bonds. The van der Waals surface area contributed by atoms with Gasteiger partial charge in [0.25, 0.3) is 10.0 Å². The molecular formula is C21H28N4O4S. The Hall–Kier alpha value is -2.42. The highest BCUT2D eigenvalue weighted by molar-refractivity contribution is 7.90. The Morgan fingerprint density at radius 1 is 0.967 bits per heavy atom. The van der Waals surface area contributed by atoms with Crippen molar-refractivity contribution in [2.24, 2.45) is 10.9 Å². The fraction of sp³-hybridized carbons (Fsp3) is 0.571. The Morgan fingerprint density at radius 2 is 1.63 bits per heavy atom. The number of hydrogen-bond donors (Lipinski definition) is 1. The number of amidine groups is 1. The van der Waals surface area contributed by atoms with Crippen LogP contribution in [-0.4, -0.2) is 68.6 Å². The molecule has 8 nitrogen and oxygen atoms in total. The summed E-state index contributed by atoms with van der Waals surface area (Å²) in [4.78, 5) is 33.5. The van der Waals surface area contributed by atoms with Crippen molar-refractivity contribution >= 4 is 27.7 Å². The Kier molecular flexibility index (Phi) is 6.08. The lowest BCUT2D eigenvalue weighted by atomic mass is 9.95. The first kappa shape index (κ1) is 20.8. The summed E-state index contributed by atoms with van der Waals surface area (Å²) in [6, 6.07) is 6.60. The van der Waals surface area contributed by atoms with E-state index in [1.54, 1.807) is 23.1 Å². The smallest absolute Gasteiger partial charge is 0.263 e. The van der Waals surface area contributed by atoms with E-state index in [0.29, 0.717) is 31.5 Å². The number of carbonyl (C=O) groups excluding carboxylic acids is 2. The maximum Gasteiger partial charge on any atom is 0.263 e. The Bertz CT molecular complexity index is 944. The van der Waals surface area contributed by atoms with Gasteiger partial charge in [-0.3, -0.25) is 19.3 Å².